The molecule has 2 fully saturated rings. The second-order valence-electron chi connectivity index (χ2n) is 7.50. The van der Waals surface area contributed by atoms with Gasteiger partial charge in [-0.3, -0.25) is 4.79 Å². The summed E-state index contributed by atoms with van der Waals surface area (Å²) in [5.41, 5.74) is 2.91. The molecule has 2 bridgehead atoms. The van der Waals surface area contributed by atoms with Crippen LogP contribution in [0.4, 0.5) is 4.39 Å². The van der Waals surface area contributed by atoms with Crippen molar-refractivity contribution in [3.8, 4) is 5.75 Å². The smallest absolute Gasteiger partial charge is 0.254 e. The summed E-state index contributed by atoms with van der Waals surface area (Å²) in [7, 11) is 1.64. The van der Waals surface area contributed by atoms with Gasteiger partial charge in [0.05, 0.1) is 7.11 Å². The fourth-order valence-electron chi connectivity index (χ4n) is 4.68. The van der Waals surface area contributed by atoms with Crippen LogP contribution in [0, 0.1) is 12.7 Å². The zero-order valence-corrected chi connectivity index (χ0v) is 15.2. The molecule has 0 radical (unpaired) electrons. The minimum absolute atomic E-state index is 0.126. The number of piperidine rings is 1. The summed E-state index contributed by atoms with van der Waals surface area (Å²) in [5, 5.41) is 0. The van der Waals surface area contributed by atoms with Crippen molar-refractivity contribution in [3.63, 3.8) is 0 Å². The van der Waals surface area contributed by atoms with Crippen LogP contribution in [0.1, 0.15) is 53.1 Å². The second kappa shape index (κ2) is 6.75. The van der Waals surface area contributed by atoms with Gasteiger partial charge in [-0.15, -0.1) is 0 Å². The van der Waals surface area contributed by atoms with Crippen LogP contribution in [0.2, 0.25) is 0 Å². The van der Waals surface area contributed by atoms with Crippen LogP contribution >= 0.6 is 0 Å². The van der Waals surface area contributed by atoms with Gasteiger partial charge < -0.3 is 9.64 Å². The Morgan fingerprint density at radius 2 is 1.73 bits per heavy atom. The third kappa shape index (κ3) is 2.98. The van der Waals surface area contributed by atoms with Crippen LogP contribution in [-0.4, -0.2) is 30.0 Å². The minimum Gasteiger partial charge on any atom is -0.496 e. The molecule has 3 atom stereocenters. The first-order valence-electron chi connectivity index (χ1n) is 9.29. The fraction of sp³-hybridized carbons (Fsp3) is 0.409. The predicted molar refractivity (Wildman–Crippen MR) is 99.1 cm³/mol. The largest absolute Gasteiger partial charge is 0.496 e. The maximum Gasteiger partial charge on any atom is 0.254 e. The van der Waals surface area contributed by atoms with E-state index >= 15 is 0 Å². The highest BCUT2D eigenvalue weighted by atomic mass is 19.1. The van der Waals surface area contributed by atoms with Crippen LogP contribution in [0.3, 0.4) is 0 Å². The van der Waals surface area contributed by atoms with Gasteiger partial charge in [0.25, 0.3) is 5.91 Å². The number of carbonyl (C=O) groups excluding carboxylic acids is 1. The van der Waals surface area contributed by atoms with Gasteiger partial charge in [0.1, 0.15) is 11.6 Å². The molecule has 3 nitrogen and oxygen atoms in total. The molecule has 0 N–H and O–H groups in total. The Kier molecular flexibility index (Phi) is 4.43. The number of benzene rings is 2. The molecule has 26 heavy (non-hydrogen) atoms. The number of amides is 1. The van der Waals surface area contributed by atoms with Crippen molar-refractivity contribution < 1.29 is 13.9 Å². The Labute approximate surface area is 153 Å². The number of halogens is 1. The third-order valence-corrected chi connectivity index (χ3v) is 5.95. The summed E-state index contributed by atoms with van der Waals surface area (Å²) in [5.74, 6) is 1.15. The Morgan fingerprint density at radius 1 is 1.08 bits per heavy atom. The quantitative estimate of drug-likeness (QED) is 0.801. The van der Waals surface area contributed by atoms with Gasteiger partial charge in [-0.25, -0.2) is 4.39 Å². The molecular weight excluding hydrogens is 329 g/mol. The highest BCUT2D eigenvalue weighted by Crippen LogP contribution is 2.43. The lowest BCUT2D eigenvalue weighted by Gasteiger charge is -2.39. The van der Waals surface area contributed by atoms with Crippen LogP contribution in [0.5, 0.6) is 5.75 Å². The van der Waals surface area contributed by atoms with E-state index in [1.165, 1.54) is 17.7 Å². The van der Waals surface area contributed by atoms with Crippen LogP contribution in [-0.2, 0) is 0 Å². The standard InChI is InChI=1S/C22H24FNO2/c1-14-11-16(5-10-21(14)26-2)22(25)24-19-8-9-20(24)13-17(12-19)15-3-6-18(23)7-4-15/h3-7,10-11,17,19-20H,8-9,12-13H2,1-2H3/t17?,19-,20+. The van der Waals surface area contributed by atoms with E-state index in [9.17, 15) is 9.18 Å². The molecule has 0 aliphatic carbocycles. The molecule has 0 saturated carbocycles. The van der Waals surface area contributed by atoms with E-state index in [-0.39, 0.29) is 23.8 Å². The molecule has 136 valence electrons. The van der Waals surface area contributed by atoms with Gasteiger partial charge >= 0.3 is 0 Å². The van der Waals surface area contributed by atoms with E-state index in [1.54, 1.807) is 7.11 Å². The molecule has 1 unspecified atom stereocenters. The number of ether oxygens (including phenoxy) is 1. The number of hydrogen-bond donors (Lipinski definition) is 0. The first kappa shape index (κ1) is 17.1. The SMILES string of the molecule is COc1ccc(C(=O)N2[C@@H]3CC[C@H]2CC(c2ccc(F)cc2)C3)cc1C. The van der Waals surface area contributed by atoms with Gasteiger partial charge in [-0.05, 0) is 80.0 Å². The van der Waals surface area contributed by atoms with E-state index in [0.29, 0.717) is 5.92 Å². The Hall–Kier alpha value is -2.36. The number of hydrogen-bond acceptors (Lipinski definition) is 2. The maximum atomic E-state index is 13.2. The Bertz CT molecular complexity index is 803. The van der Waals surface area contributed by atoms with Gasteiger partial charge in [0.15, 0.2) is 0 Å². The van der Waals surface area contributed by atoms with Crippen molar-refractivity contribution in [2.45, 2.75) is 50.6 Å². The number of methoxy groups -OCH3 is 1. The molecule has 2 aromatic rings. The molecule has 0 aromatic heterocycles. The number of nitrogens with zero attached hydrogens (tertiary/aromatic N) is 1. The third-order valence-electron chi connectivity index (χ3n) is 5.95. The molecule has 2 aliphatic heterocycles. The van der Waals surface area contributed by atoms with E-state index < -0.39 is 0 Å². The van der Waals surface area contributed by atoms with Crippen molar-refractivity contribution in [1.29, 1.82) is 0 Å². The second-order valence-corrected chi connectivity index (χ2v) is 7.50. The maximum absolute atomic E-state index is 13.2. The number of aryl methyl sites for hydroxylation is 1. The van der Waals surface area contributed by atoms with Crippen molar-refractivity contribution in [3.05, 3.63) is 65.0 Å². The first-order valence-corrected chi connectivity index (χ1v) is 9.29. The average Bonchev–Trinajstić information content (AvgIpc) is 2.91. The summed E-state index contributed by atoms with van der Waals surface area (Å²) in [6.45, 7) is 1.96. The van der Waals surface area contributed by atoms with Gasteiger partial charge in [0, 0.05) is 17.6 Å². The summed E-state index contributed by atoms with van der Waals surface area (Å²) >= 11 is 0. The molecule has 4 heteroatoms. The normalized spacial score (nSPS) is 24.6. The van der Waals surface area contributed by atoms with E-state index in [2.05, 4.69) is 4.90 Å². The monoisotopic (exact) mass is 353 g/mol. The number of rotatable bonds is 3. The summed E-state index contributed by atoms with van der Waals surface area (Å²) < 4.78 is 18.5. The summed E-state index contributed by atoms with van der Waals surface area (Å²) in [6, 6.07) is 13.1. The van der Waals surface area contributed by atoms with Crippen molar-refractivity contribution >= 4 is 5.91 Å². The van der Waals surface area contributed by atoms with E-state index in [1.807, 2.05) is 37.3 Å². The minimum atomic E-state index is -0.195. The van der Waals surface area contributed by atoms with Crippen molar-refractivity contribution in [1.82, 2.24) is 4.90 Å². The van der Waals surface area contributed by atoms with Crippen molar-refractivity contribution in [2.24, 2.45) is 0 Å². The highest BCUT2D eigenvalue weighted by Gasteiger charge is 2.43. The van der Waals surface area contributed by atoms with Gasteiger partial charge in [-0.2, -0.15) is 0 Å². The summed E-state index contributed by atoms with van der Waals surface area (Å²) in [6.07, 6.45) is 4.04. The van der Waals surface area contributed by atoms with Crippen LogP contribution in [0.15, 0.2) is 42.5 Å². The van der Waals surface area contributed by atoms with Crippen LogP contribution in [0.25, 0.3) is 0 Å². The molecule has 1 amide bonds. The van der Waals surface area contributed by atoms with E-state index in [0.717, 1.165) is 42.6 Å². The Morgan fingerprint density at radius 3 is 2.31 bits per heavy atom. The van der Waals surface area contributed by atoms with Crippen molar-refractivity contribution in [2.75, 3.05) is 7.11 Å². The molecule has 2 heterocycles. The molecule has 0 spiro atoms. The first-order chi connectivity index (χ1) is 12.6. The molecule has 4 rings (SSSR count). The molecule has 2 saturated heterocycles. The molecule has 2 aliphatic rings. The lowest BCUT2D eigenvalue weighted by Crippen LogP contribution is -2.46. The fourth-order valence-corrected chi connectivity index (χ4v) is 4.68. The molecular formula is C22H24FNO2. The number of fused-ring (bicyclic) bond motifs is 2. The lowest BCUT2D eigenvalue weighted by atomic mass is 9.84. The highest BCUT2D eigenvalue weighted by molar-refractivity contribution is 5.95. The topological polar surface area (TPSA) is 29.5 Å². The van der Waals surface area contributed by atoms with Gasteiger partial charge in [-0.1, -0.05) is 12.1 Å². The summed E-state index contributed by atoms with van der Waals surface area (Å²) in [4.78, 5) is 15.2. The zero-order valence-electron chi connectivity index (χ0n) is 15.2. The van der Waals surface area contributed by atoms with Gasteiger partial charge in [0.2, 0.25) is 0 Å². The number of carbonyl (C=O) groups is 1. The average molecular weight is 353 g/mol. The molecule has 2 aromatic carbocycles. The predicted octanol–water partition coefficient (Wildman–Crippen LogP) is 4.69. The zero-order chi connectivity index (χ0) is 18.3. The van der Waals surface area contributed by atoms with Crippen LogP contribution < -0.4 is 4.74 Å². The lowest BCUT2D eigenvalue weighted by molar-refractivity contribution is 0.0571. The Balaban J connectivity index is 1.53. The van der Waals surface area contributed by atoms with E-state index in [4.69, 9.17) is 4.74 Å².